The first-order valence-corrected chi connectivity index (χ1v) is 15.0. The molecule has 0 amide bonds. The Balaban J connectivity index is 1.36. The summed E-state index contributed by atoms with van der Waals surface area (Å²) in [6.45, 7) is 3.68. The summed E-state index contributed by atoms with van der Waals surface area (Å²) in [5.41, 5.74) is 4.97. The van der Waals surface area contributed by atoms with E-state index in [0.29, 0.717) is 31.8 Å². The number of aromatic nitrogens is 2. The molecular weight excluding hydrogens is 541 g/mol. The average Bonchev–Trinajstić information content (AvgIpc) is 3.27. The van der Waals surface area contributed by atoms with Crippen molar-refractivity contribution in [3.63, 3.8) is 0 Å². The maximum absolute atomic E-state index is 13.8. The van der Waals surface area contributed by atoms with Crippen molar-refractivity contribution in [1.29, 1.82) is 5.41 Å². The summed E-state index contributed by atoms with van der Waals surface area (Å²) in [5.74, 6) is -0.0626. The zero-order valence-electron chi connectivity index (χ0n) is 22.9. The number of fused-ring (bicyclic) bond motifs is 1. The molecule has 41 heavy (non-hydrogen) atoms. The van der Waals surface area contributed by atoms with Crippen molar-refractivity contribution in [3.8, 4) is 0 Å². The molecule has 10 heteroatoms. The van der Waals surface area contributed by atoms with Gasteiger partial charge in [-0.1, -0.05) is 30.3 Å². The maximum atomic E-state index is 13.8. The molecule has 3 aromatic carbocycles. The lowest BCUT2D eigenvalue weighted by molar-refractivity contribution is 0.183. The SMILES string of the molecule is COCCn1cc(S(=O)(=O)N2C[C@@H]3[C@@H](c4ccccc4)[C@]3(c3cc(C=N)c(Nc4ccc(F)cc4)cc3C)C2)cn1. The third-order valence-electron chi connectivity index (χ3n) is 8.46. The molecule has 1 saturated carbocycles. The smallest absolute Gasteiger partial charge is 0.246 e. The summed E-state index contributed by atoms with van der Waals surface area (Å²) in [6.07, 6.45) is 4.27. The fourth-order valence-electron chi connectivity index (χ4n) is 6.48. The normalized spacial score (nSPS) is 21.9. The van der Waals surface area contributed by atoms with Crippen LogP contribution in [-0.2, 0) is 26.7 Å². The standard InChI is InChI=1S/C31H32FN5O3S/c1-21-14-29(35-25-10-8-24(32)9-11-25)23(16-33)15-27(21)31-20-37(19-28(31)30(31)22-6-4-3-5-7-22)41(38,39)26-17-34-36(18-26)12-13-40-2/h3-11,14-18,28,30,33,35H,12-13,19-20H2,1-2H3/t28-,30-,31+/m1/s1. The molecule has 1 aliphatic carbocycles. The number of nitrogens with one attached hydrogen (secondary N) is 2. The molecule has 1 saturated heterocycles. The van der Waals surface area contributed by atoms with Gasteiger partial charge in [0.1, 0.15) is 10.7 Å². The Bertz CT molecular complexity index is 1690. The van der Waals surface area contributed by atoms with Gasteiger partial charge in [0.2, 0.25) is 10.0 Å². The van der Waals surface area contributed by atoms with Gasteiger partial charge in [0.25, 0.3) is 0 Å². The largest absolute Gasteiger partial charge is 0.383 e. The number of methoxy groups -OCH3 is 1. The number of sulfonamides is 1. The lowest BCUT2D eigenvalue weighted by atomic mass is 9.86. The van der Waals surface area contributed by atoms with Crippen molar-refractivity contribution in [2.75, 3.05) is 32.1 Å². The maximum Gasteiger partial charge on any atom is 0.246 e. The third-order valence-corrected chi connectivity index (χ3v) is 10.2. The number of ether oxygens (including phenoxy) is 1. The Kier molecular flexibility index (Phi) is 7.01. The molecule has 0 unspecified atom stereocenters. The number of rotatable bonds is 10. The number of halogens is 1. The molecule has 212 valence electrons. The Morgan fingerprint density at radius 2 is 1.93 bits per heavy atom. The minimum atomic E-state index is -3.76. The van der Waals surface area contributed by atoms with E-state index in [0.717, 1.165) is 22.5 Å². The summed E-state index contributed by atoms with van der Waals surface area (Å²) in [5, 5.41) is 15.7. The fraction of sp³-hybridized carbons (Fsp3) is 0.290. The first-order chi connectivity index (χ1) is 19.8. The number of hydrogen-bond acceptors (Lipinski definition) is 6. The Morgan fingerprint density at radius 3 is 2.63 bits per heavy atom. The van der Waals surface area contributed by atoms with Crippen molar-refractivity contribution < 1.29 is 17.5 Å². The van der Waals surface area contributed by atoms with Crippen molar-refractivity contribution in [2.45, 2.75) is 29.7 Å². The molecule has 0 bridgehead atoms. The van der Waals surface area contributed by atoms with Gasteiger partial charge in [-0.3, -0.25) is 4.68 Å². The van der Waals surface area contributed by atoms with Crippen LogP contribution in [0.1, 0.15) is 28.2 Å². The molecule has 2 heterocycles. The first kappa shape index (κ1) is 27.3. The van der Waals surface area contributed by atoms with Gasteiger partial charge in [0.15, 0.2) is 0 Å². The van der Waals surface area contributed by atoms with Gasteiger partial charge in [-0.25, -0.2) is 12.8 Å². The lowest BCUT2D eigenvalue weighted by Crippen LogP contribution is -2.34. The second-order valence-corrected chi connectivity index (χ2v) is 12.7. The van der Waals surface area contributed by atoms with Crippen molar-refractivity contribution in [1.82, 2.24) is 14.1 Å². The second-order valence-electron chi connectivity index (χ2n) is 10.8. The van der Waals surface area contributed by atoms with Gasteiger partial charge in [-0.2, -0.15) is 9.40 Å². The van der Waals surface area contributed by atoms with E-state index in [4.69, 9.17) is 10.1 Å². The van der Waals surface area contributed by atoms with Crippen LogP contribution in [0.15, 0.2) is 84.0 Å². The second kappa shape index (κ2) is 10.5. The fourth-order valence-corrected chi connectivity index (χ4v) is 7.95. The molecule has 0 spiro atoms. The monoisotopic (exact) mass is 573 g/mol. The molecule has 1 aromatic heterocycles. The zero-order chi connectivity index (χ0) is 28.8. The quantitative estimate of drug-likeness (QED) is 0.258. The summed E-state index contributed by atoms with van der Waals surface area (Å²) in [4.78, 5) is 0.178. The Labute approximate surface area is 239 Å². The number of nitrogens with zero attached hydrogens (tertiary/aromatic N) is 3. The summed E-state index contributed by atoms with van der Waals surface area (Å²) < 4.78 is 49.2. The summed E-state index contributed by atoms with van der Waals surface area (Å²) in [6, 6.07) is 20.4. The highest BCUT2D eigenvalue weighted by atomic mass is 32.2. The van der Waals surface area contributed by atoms with Gasteiger partial charge in [-0.05, 0) is 65.9 Å². The third kappa shape index (κ3) is 4.75. The number of piperidine rings is 1. The van der Waals surface area contributed by atoms with Crippen LogP contribution in [0.25, 0.3) is 0 Å². The Morgan fingerprint density at radius 1 is 1.17 bits per heavy atom. The van der Waals surface area contributed by atoms with Crippen LogP contribution >= 0.6 is 0 Å². The molecule has 4 aromatic rings. The molecule has 3 atom stereocenters. The molecule has 1 aliphatic heterocycles. The number of benzene rings is 3. The minimum Gasteiger partial charge on any atom is -0.383 e. The van der Waals surface area contributed by atoms with E-state index in [-0.39, 0.29) is 22.5 Å². The highest BCUT2D eigenvalue weighted by molar-refractivity contribution is 7.89. The van der Waals surface area contributed by atoms with E-state index in [1.807, 2.05) is 37.3 Å². The number of anilines is 2. The number of hydrogen-bond donors (Lipinski definition) is 2. The van der Waals surface area contributed by atoms with Crippen LogP contribution < -0.4 is 5.32 Å². The molecular formula is C31H32FN5O3S. The molecule has 6 rings (SSSR count). The predicted molar refractivity (Wildman–Crippen MR) is 156 cm³/mol. The van der Waals surface area contributed by atoms with Gasteiger partial charge in [-0.15, -0.1) is 0 Å². The highest BCUT2D eigenvalue weighted by Crippen LogP contribution is 2.70. The van der Waals surface area contributed by atoms with Crippen LogP contribution in [0.5, 0.6) is 0 Å². The van der Waals surface area contributed by atoms with Crippen LogP contribution in [0.4, 0.5) is 15.8 Å². The molecule has 2 N–H and O–H groups in total. The van der Waals surface area contributed by atoms with Crippen molar-refractivity contribution in [2.24, 2.45) is 5.92 Å². The van der Waals surface area contributed by atoms with Gasteiger partial charge < -0.3 is 15.5 Å². The van der Waals surface area contributed by atoms with E-state index in [9.17, 15) is 12.8 Å². The molecule has 8 nitrogen and oxygen atoms in total. The highest BCUT2D eigenvalue weighted by Gasteiger charge is 2.71. The molecule has 2 fully saturated rings. The summed E-state index contributed by atoms with van der Waals surface area (Å²) in [7, 11) is -2.16. The van der Waals surface area contributed by atoms with Crippen LogP contribution in [0, 0.1) is 24.1 Å². The van der Waals surface area contributed by atoms with Crippen LogP contribution in [0.3, 0.4) is 0 Å². The van der Waals surface area contributed by atoms with Crippen molar-refractivity contribution in [3.05, 3.63) is 107 Å². The first-order valence-electron chi connectivity index (χ1n) is 13.5. The number of aryl methyl sites for hydroxylation is 1. The van der Waals surface area contributed by atoms with Crippen molar-refractivity contribution >= 4 is 27.6 Å². The minimum absolute atomic E-state index is 0.0939. The van der Waals surface area contributed by atoms with Gasteiger partial charge >= 0.3 is 0 Å². The van der Waals surface area contributed by atoms with E-state index in [1.54, 1.807) is 34.4 Å². The average molecular weight is 574 g/mol. The van der Waals surface area contributed by atoms with Gasteiger partial charge in [0, 0.05) is 60.9 Å². The van der Waals surface area contributed by atoms with E-state index >= 15 is 0 Å². The lowest BCUT2D eigenvalue weighted by Gasteiger charge is -2.26. The van der Waals surface area contributed by atoms with E-state index in [1.165, 1.54) is 30.1 Å². The predicted octanol–water partition coefficient (Wildman–Crippen LogP) is 5.07. The van der Waals surface area contributed by atoms with E-state index < -0.39 is 15.4 Å². The Hall–Kier alpha value is -3.86. The zero-order valence-corrected chi connectivity index (χ0v) is 23.7. The van der Waals surface area contributed by atoms with Crippen LogP contribution in [0.2, 0.25) is 0 Å². The molecule has 0 radical (unpaired) electrons. The summed E-state index contributed by atoms with van der Waals surface area (Å²) >= 11 is 0. The van der Waals surface area contributed by atoms with E-state index in [2.05, 4.69) is 22.5 Å². The molecule has 2 aliphatic rings. The van der Waals surface area contributed by atoms with Crippen LogP contribution in [-0.4, -0.2) is 55.5 Å². The topological polar surface area (TPSA) is 100 Å². The van der Waals surface area contributed by atoms with Gasteiger partial charge in [0.05, 0.1) is 19.3 Å².